The highest BCUT2D eigenvalue weighted by molar-refractivity contribution is 5.84. The zero-order valence-corrected chi connectivity index (χ0v) is 11.5. The average molecular weight is 269 g/mol. The van der Waals surface area contributed by atoms with Crippen LogP contribution in [0.4, 0.5) is 0 Å². The van der Waals surface area contributed by atoms with E-state index in [1.807, 2.05) is 0 Å². The number of rotatable bonds is 3. The molecule has 0 aromatic carbocycles. The van der Waals surface area contributed by atoms with Crippen molar-refractivity contribution < 1.29 is 19.4 Å². The molecule has 2 rings (SSSR count). The van der Waals surface area contributed by atoms with E-state index < -0.39 is 12.0 Å². The number of hydrogen-bond acceptors (Lipinski definition) is 3. The van der Waals surface area contributed by atoms with Crippen molar-refractivity contribution in [1.29, 1.82) is 0 Å². The maximum atomic E-state index is 12.3. The van der Waals surface area contributed by atoms with Crippen molar-refractivity contribution in [3.05, 3.63) is 0 Å². The largest absolute Gasteiger partial charge is 0.480 e. The fourth-order valence-corrected chi connectivity index (χ4v) is 3.22. The van der Waals surface area contributed by atoms with Crippen molar-refractivity contribution in [2.75, 3.05) is 19.8 Å². The molecule has 5 heteroatoms. The van der Waals surface area contributed by atoms with Gasteiger partial charge in [-0.25, -0.2) is 4.79 Å². The molecule has 1 aliphatic carbocycles. The normalized spacial score (nSPS) is 32.1. The second-order valence-electron chi connectivity index (χ2n) is 5.86. The molecule has 1 saturated heterocycles. The minimum Gasteiger partial charge on any atom is -0.480 e. The molecule has 2 fully saturated rings. The Hall–Kier alpha value is -1.10. The topological polar surface area (TPSA) is 66.8 Å². The minimum atomic E-state index is -0.968. The molecule has 0 bridgehead atoms. The van der Waals surface area contributed by atoms with E-state index in [9.17, 15) is 9.59 Å². The SMILES string of the molecule is C[C@@H]1CCC[C@@H](CC(=O)N2CCOC[C@@H]2C(=O)O)C1. The predicted molar refractivity (Wildman–Crippen MR) is 69.7 cm³/mol. The number of ether oxygens (including phenoxy) is 1. The second-order valence-corrected chi connectivity index (χ2v) is 5.86. The molecule has 0 aromatic rings. The maximum Gasteiger partial charge on any atom is 0.328 e. The van der Waals surface area contributed by atoms with E-state index in [1.165, 1.54) is 17.7 Å². The Morgan fingerprint density at radius 3 is 2.84 bits per heavy atom. The molecule has 1 heterocycles. The van der Waals surface area contributed by atoms with Gasteiger partial charge in [0.1, 0.15) is 0 Å². The first-order chi connectivity index (χ1) is 9.08. The maximum absolute atomic E-state index is 12.3. The van der Waals surface area contributed by atoms with E-state index in [-0.39, 0.29) is 12.5 Å². The number of carbonyl (C=O) groups excluding carboxylic acids is 1. The molecule has 108 valence electrons. The summed E-state index contributed by atoms with van der Waals surface area (Å²) in [5.74, 6) is 0.125. The van der Waals surface area contributed by atoms with Gasteiger partial charge in [-0.15, -0.1) is 0 Å². The highest BCUT2D eigenvalue weighted by Crippen LogP contribution is 2.31. The van der Waals surface area contributed by atoms with Gasteiger partial charge in [0, 0.05) is 13.0 Å². The van der Waals surface area contributed by atoms with Gasteiger partial charge in [0.25, 0.3) is 0 Å². The van der Waals surface area contributed by atoms with Crippen LogP contribution in [0.25, 0.3) is 0 Å². The Balaban J connectivity index is 1.92. The fourth-order valence-electron chi connectivity index (χ4n) is 3.22. The monoisotopic (exact) mass is 269 g/mol. The van der Waals surface area contributed by atoms with Crippen molar-refractivity contribution >= 4 is 11.9 Å². The van der Waals surface area contributed by atoms with Crippen LogP contribution in [0.3, 0.4) is 0 Å². The van der Waals surface area contributed by atoms with Gasteiger partial charge < -0.3 is 14.7 Å². The quantitative estimate of drug-likeness (QED) is 0.843. The summed E-state index contributed by atoms with van der Waals surface area (Å²) in [7, 11) is 0. The zero-order valence-electron chi connectivity index (χ0n) is 11.5. The van der Waals surface area contributed by atoms with Gasteiger partial charge in [-0.3, -0.25) is 4.79 Å². The lowest BCUT2D eigenvalue weighted by molar-refractivity contribution is -0.158. The highest BCUT2D eigenvalue weighted by atomic mass is 16.5. The number of hydrogen-bond donors (Lipinski definition) is 1. The fraction of sp³-hybridized carbons (Fsp3) is 0.857. The van der Waals surface area contributed by atoms with E-state index in [4.69, 9.17) is 9.84 Å². The van der Waals surface area contributed by atoms with Crippen molar-refractivity contribution in [2.24, 2.45) is 11.8 Å². The Kier molecular flexibility index (Phi) is 4.80. The van der Waals surface area contributed by atoms with Crippen molar-refractivity contribution in [3.63, 3.8) is 0 Å². The van der Waals surface area contributed by atoms with Gasteiger partial charge in [-0.2, -0.15) is 0 Å². The van der Waals surface area contributed by atoms with Crippen LogP contribution in [0.15, 0.2) is 0 Å². The van der Waals surface area contributed by atoms with Crippen LogP contribution < -0.4 is 0 Å². The molecular formula is C14H23NO4. The van der Waals surface area contributed by atoms with Gasteiger partial charge in [-0.05, 0) is 24.7 Å². The molecule has 0 unspecified atom stereocenters. The van der Waals surface area contributed by atoms with Crippen LogP contribution >= 0.6 is 0 Å². The summed E-state index contributed by atoms with van der Waals surface area (Å²) in [4.78, 5) is 24.9. The molecule has 2 aliphatic rings. The van der Waals surface area contributed by atoms with E-state index in [1.54, 1.807) is 0 Å². The first-order valence-electron chi connectivity index (χ1n) is 7.18. The van der Waals surface area contributed by atoms with E-state index >= 15 is 0 Å². The molecular weight excluding hydrogens is 246 g/mol. The predicted octanol–water partition coefficient (Wildman–Crippen LogP) is 1.51. The smallest absolute Gasteiger partial charge is 0.328 e. The number of morpholine rings is 1. The molecule has 19 heavy (non-hydrogen) atoms. The molecule has 0 aromatic heterocycles. The Bertz CT molecular complexity index is 344. The van der Waals surface area contributed by atoms with Crippen LogP contribution in [0, 0.1) is 11.8 Å². The molecule has 3 atom stereocenters. The summed E-state index contributed by atoms with van der Waals surface area (Å²) in [5.41, 5.74) is 0. The molecule has 0 spiro atoms. The third-order valence-electron chi connectivity index (χ3n) is 4.24. The summed E-state index contributed by atoms with van der Waals surface area (Å²) in [5, 5.41) is 9.13. The van der Waals surface area contributed by atoms with Crippen molar-refractivity contribution in [1.82, 2.24) is 4.90 Å². The van der Waals surface area contributed by atoms with Crippen LogP contribution in [0.1, 0.15) is 39.0 Å². The number of amides is 1. The standard InChI is InChI=1S/C14H23NO4/c1-10-3-2-4-11(7-10)8-13(16)15-5-6-19-9-12(15)14(17)18/h10-12H,2-9H2,1H3,(H,17,18)/t10-,11-,12-/m1/s1. The molecule has 1 aliphatic heterocycles. The van der Waals surface area contributed by atoms with E-state index in [2.05, 4.69) is 6.92 Å². The number of carboxylic acids is 1. The minimum absolute atomic E-state index is 0.0187. The molecule has 1 saturated carbocycles. The summed E-state index contributed by atoms with van der Waals surface area (Å²) in [6.45, 7) is 3.18. The summed E-state index contributed by atoms with van der Waals surface area (Å²) >= 11 is 0. The third-order valence-corrected chi connectivity index (χ3v) is 4.24. The van der Waals surface area contributed by atoms with Crippen LogP contribution in [-0.2, 0) is 14.3 Å². The van der Waals surface area contributed by atoms with Crippen LogP contribution in [0.5, 0.6) is 0 Å². The molecule has 1 amide bonds. The number of nitrogens with zero attached hydrogens (tertiary/aromatic N) is 1. The lowest BCUT2D eigenvalue weighted by Crippen LogP contribution is -2.53. The first-order valence-corrected chi connectivity index (χ1v) is 7.18. The van der Waals surface area contributed by atoms with Gasteiger partial charge in [0.2, 0.25) is 5.91 Å². The number of carbonyl (C=O) groups is 2. The highest BCUT2D eigenvalue weighted by Gasteiger charge is 2.34. The molecule has 0 radical (unpaired) electrons. The van der Waals surface area contributed by atoms with Gasteiger partial charge >= 0.3 is 5.97 Å². The van der Waals surface area contributed by atoms with Gasteiger partial charge in [0.15, 0.2) is 6.04 Å². The van der Waals surface area contributed by atoms with Crippen LogP contribution in [-0.4, -0.2) is 47.7 Å². The summed E-state index contributed by atoms with van der Waals surface area (Å²) < 4.78 is 5.16. The molecule has 5 nitrogen and oxygen atoms in total. The summed E-state index contributed by atoms with van der Waals surface area (Å²) in [6.07, 6.45) is 5.12. The summed E-state index contributed by atoms with van der Waals surface area (Å²) in [6, 6.07) is -0.803. The van der Waals surface area contributed by atoms with Crippen molar-refractivity contribution in [3.8, 4) is 0 Å². The van der Waals surface area contributed by atoms with Gasteiger partial charge in [-0.1, -0.05) is 19.8 Å². The number of carboxylic acid groups (broad SMARTS) is 1. The van der Waals surface area contributed by atoms with Crippen LogP contribution in [0.2, 0.25) is 0 Å². The molecule has 1 N–H and O–H groups in total. The van der Waals surface area contributed by atoms with Gasteiger partial charge in [0.05, 0.1) is 13.2 Å². The first kappa shape index (κ1) is 14.3. The Morgan fingerprint density at radius 1 is 1.37 bits per heavy atom. The average Bonchev–Trinajstić information content (AvgIpc) is 2.38. The lowest BCUT2D eigenvalue weighted by atomic mass is 9.80. The zero-order chi connectivity index (χ0) is 13.8. The Labute approximate surface area is 113 Å². The lowest BCUT2D eigenvalue weighted by Gasteiger charge is -2.35. The second kappa shape index (κ2) is 6.37. The Morgan fingerprint density at radius 2 is 2.16 bits per heavy atom. The van der Waals surface area contributed by atoms with Crippen molar-refractivity contribution in [2.45, 2.75) is 45.1 Å². The van der Waals surface area contributed by atoms with E-state index in [0.29, 0.717) is 31.4 Å². The number of aliphatic carboxylic acids is 1. The van der Waals surface area contributed by atoms with E-state index in [0.717, 1.165) is 12.8 Å². The third kappa shape index (κ3) is 3.69.